The molecule has 1 N–H and O–H groups in total. The Kier molecular flexibility index (Phi) is 5.45. The molecule has 0 spiro atoms. The first-order valence-electron chi connectivity index (χ1n) is 9.26. The lowest BCUT2D eigenvalue weighted by Gasteiger charge is -2.40. The quantitative estimate of drug-likeness (QED) is 0.901. The molecule has 0 radical (unpaired) electrons. The van der Waals surface area contributed by atoms with E-state index in [9.17, 15) is 4.79 Å². The summed E-state index contributed by atoms with van der Waals surface area (Å²) in [6.07, 6.45) is 7.58. The van der Waals surface area contributed by atoms with Crippen LogP contribution in [0, 0.1) is 0 Å². The van der Waals surface area contributed by atoms with Crippen molar-refractivity contribution in [2.45, 2.75) is 18.9 Å². The Balaban J connectivity index is 1.28. The van der Waals surface area contributed by atoms with Crippen molar-refractivity contribution in [3.63, 3.8) is 0 Å². The first-order chi connectivity index (χ1) is 12.8. The van der Waals surface area contributed by atoms with Gasteiger partial charge in [0.15, 0.2) is 0 Å². The minimum Gasteiger partial charge on any atom is -0.324 e. The highest BCUT2D eigenvalue weighted by atomic mass is 32.2. The summed E-state index contributed by atoms with van der Waals surface area (Å²) < 4.78 is 1.94. The van der Waals surface area contributed by atoms with E-state index in [1.165, 1.54) is 24.6 Å². The molecule has 0 unspecified atom stereocenters. The molecule has 7 heteroatoms. The Bertz CT molecular complexity index is 704. The Morgan fingerprint density at radius 3 is 2.46 bits per heavy atom. The molecule has 0 bridgehead atoms. The number of nitrogens with zero attached hydrogens (tertiary/aromatic N) is 4. The van der Waals surface area contributed by atoms with Gasteiger partial charge in [0.1, 0.15) is 0 Å². The predicted octanol–water partition coefficient (Wildman–Crippen LogP) is 2.92. The highest BCUT2D eigenvalue weighted by Crippen LogP contribution is 2.21. The summed E-state index contributed by atoms with van der Waals surface area (Å²) in [7, 11) is 0. The van der Waals surface area contributed by atoms with Gasteiger partial charge in [-0.1, -0.05) is 0 Å². The van der Waals surface area contributed by atoms with E-state index < -0.39 is 0 Å². The number of carbonyl (C=O) groups is 1. The second kappa shape index (κ2) is 8.14. The molecule has 0 saturated carbocycles. The molecule has 2 aliphatic rings. The van der Waals surface area contributed by atoms with Gasteiger partial charge in [0.25, 0.3) is 0 Å². The molecule has 2 aliphatic heterocycles. The van der Waals surface area contributed by atoms with E-state index in [4.69, 9.17) is 0 Å². The number of aromatic nitrogens is 2. The molecular weight excluding hydrogens is 346 g/mol. The summed E-state index contributed by atoms with van der Waals surface area (Å²) in [5.41, 5.74) is 1.86. The summed E-state index contributed by atoms with van der Waals surface area (Å²) in [5, 5.41) is 3.02. The van der Waals surface area contributed by atoms with E-state index in [2.05, 4.69) is 15.2 Å². The molecule has 2 saturated heterocycles. The molecule has 138 valence electrons. The van der Waals surface area contributed by atoms with Gasteiger partial charge in [-0.25, -0.2) is 9.78 Å². The van der Waals surface area contributed by atoms with Crippen molar-refractivity contribution >= 4 is 23.5 Å². The lowest BCUT2D eigenvalue weighted by Crippen LogP contribution is -2.49. The average molecular weight is 372 g/mol. The number of piperidine rings is 1. The van der Waals surface area contributed by atoms with Gasteiger partial charge < -0.3 is 14.8 Å². The minimum absolute atomic E-state index is 0.00744. The summed E-state index contributed by atoms with van der Waals surface area (Å²) >= 11 is 2.05. The van der Waals surface area contributed by atoms with Gasteiger partial charge >= 0.3 is 6.03 Å². The lowest BCUT2D eigenvalue weighted by atomic mass is 10.0. The topological polar surface area (TPSA) is 53.4 Å². The number of rotatable bonds is 3. The molecule has 0 aliphatic carbocycles. The van der Waals surface area contributed by atoms with E-state index in [1.807, 2.05) is 51.7 Å². The van der Waals surface area contributed by atoms with Crippen LogP contribution in [0.25, 0.3) is 5.69 Å². The number of urea groups is 1. The molecule has 3 heterocycles. The van der Waals surface area contributed by atoms with E-state index in [0.717, 1.165) is 37.3 Å². The standard InChI is InChI=1S/C19H25N5OS/c25-19(21-16-1-3-17(4-2-16)24-10-7-20-15-24)23-8-5-18(6-9-23)22-11-13-26-14-12-22/h1-4,7,10,15,18H,5-6,8-9,11-14H2,(H,21,25). The van der Waals surface area contributed by atoms with Crippen molar-refractivity contribution in [1.82, 2.24) is 19.4 Å². The maximum Gasteiger partial charge on any atom is 0.321 e. The molecule has 2 fully saturated rings. The van der Waals surface area contributed by atoms with Crippen LogP contribution in [0.1, 0.15) is 12.8 Å². The molecule has 2 amide bonds. The average Bonchev–Trinajstić information content (AvgIpc) is 3.24. The molecule has 1 aromatic carbocycles. The molecule has 26 heavy (non-hydrogen) atoms. The predicted molar refractivity (Wildman–Crippen MR) is 106 cm³/mol. The van der Waals surface area contributed by atoms with Crippen molar-refractivity contribution in [2.24, 2.45) is 0 Å². The summed E-state index contributed by atoms with van der Waals surface area (Å²) in [4.78, 5) is 21.2. The number of hydrogen-bond acceptors (Lipinski definition) is 4. The highest BCUT2D eigenvalue weighted by molar-refractivity contribution is 7.99. The van der Waals surface area contributed by atoms with Gasteiger partial charge in [-0.3, -0.25) is 4.90 Å². The monoisotopic (exact) mass is 371 g/mol. The fraction of sp³-hybridized carbons (Fsp3) is 0.474. The van der Waals surface area contributed by atoms with Gasteiger partial charge in [0.2, 0.25) is 0 Å². The van der Waals surface area contributed by atoms with Crippen LogP contribution in [-0.4, -0.2) is 69.1 Å². The van der Waals surface area contributed by atoms with Gasteiger partial charge in [0, 0.05) is 67.5 Å². The molecule has 2 aromatic rings. The molecule has 1 aromatic heterocycles. The summed E-state index contributed by atoms with van der Waals surface area (Å²) in [6, 6.07) is 8.49. The van der Waals surface area contributed by atoms with Crippen molar-refractivity contribution in [3.8, 4) is 5.69 Å². The zero-order chi connectivity index (χ0) is 17.8. The molecule has 6 nitrogen and oxygen atoms in total. The number of anilines is 1. The normalized spacial score (nSPS) is 19.5. The van der Waals surface area contributed by atoms with Crippen LogP contribution in [-0.2, 0) is 0 Å². The van der Waals surface area contributed by atoms with Gasteiger partial charge in [-0.05, 0) is 37.1 Å². The Hall–Kier alpha value is -1.99. The third-order valence-corrected chi connectivity index (χ3v) is 6.18. The van der Waals surface area contributed by atoms with E-state index >= 15 is 0 Å². The highest BCUT2D eigenvalue weighted by Gasteiger charge is 2.27. The fourth-order valence-corrected chi connectivity index (χ4v) is 4.64. The smallest absolute Gasteiger partial charge is 0.321 e. The number of hydrogen-bond donors (Lipinski definition) is 1. The summed E-state index contributed by atoms with van der Waals surface area (Å²) in [5.74, 6) is 2.49. The third-order valence-electron chi connectivity index (χ3n) is 5.23. The van der Waals surface area contributed by atoms with Crippen LogP contribution in [0.15, 0.2) is 43.0 Å². The number of nitrogens with one attached hydrogen (secondary N) is 1. The van der Waals surface area contributed by atoms with E-state index in [1.54, 1.807) is 12.5 Å². The number of imidazole rings is 1. The maximum absolute atomic E-state index is 12.5. The van der Waals surface area contributed by atoms with Crippen molar-refractivity contribution in [1.29, 1.82) is 0 Å². The molecular formula is C19H25N5OS. The molecule has 0 atom stereocenters. The van der Waals surface area contributed by atoms with Gasteiger partial charge in [-0.2, -0.15) is 11.8 Å². The number of thioether (sulfide) groups is 1. The zero-order valence-electron chi connectivity index (χ0n) is 14.9. The van der Waals surface area contributed by atoms with Crippen molar-refractivity contribution in [2.75, 3.05) is 43.0 Å². The number of likely N-dealkylation sites (tertiary alicyclic amines) is 1. The van der Waals surface area contributed by atoms with E-state index in [-0.39, 0.29) is 6.03 Å². The Morgan fingerprint density at radius 1 is 1.08 bits per heavy atom. The zero-order valence-corrected chi connectivity index (χ0v) is 15.7. The van der Waals surface area contributed by atoms with Crippen LogP contribution >= 0.6 is 11.8 Å². The SMILES string of the molecule is O=C(Nc1ccc(-n2ccnc2)cc1)N1CCC(N2CCSCC2)CC1. The van der Waals surface area contributed by atoms with Crippen molar-refractivity contribution in [3.05, 3.63) is 43.0 Å². The number of carbonyl (C=O) groups excluding carboxylic acids is 1. The number of amides is 2. The van der Waals surface area contributed by atoms with Gasteiger partial charge in [0.05, 0.1) is 6.33 Å². The lowest BCUT2D eigenvalue weighted by molar-refractivity contribution is 0.130. The van der Waals surface area contributed by atoms with E-state index in [0.29, 0.717) is 6.04 Å². The molecule has 4 rings (SSSR count). The third kappa shape index (κ3) is 4.04. The van der Waals surface area contributed by atoms with Crippen LogP contribution in [0.3, 0.4) is 0 Å². The first-order valence-corrected chi connectivity index (χ1v) is 10.4. The number of benzene rings is 1. The Morgan fingerprint density at radius 2 is 1.81 bits per heavy atom. The van der Waals surface area contributed by atoms with Crippen molar-refractivity contribution < 1.29 is 4.79 Å². The summed E-state index contributed by atoms with van der Waals surface area (Å²) in [6.45, 7) is 4.08. The minimum atomic E-state index is 0.00744. The van der Waals surface area contributed by atoms with Crippen LogP contribution in [0.5, 0.6) is 0 Å². The fourth-order valence-electron chi connectivity index (χ4n) is 3.71. The van der Waals surface area contributed by atoms with Crippen LogP contribution in [0.4, 0.5) is 10.5 Å². The Labute approximate surface area is 158 Å². The van der Waals surface area contributed by atoms with Crippen LogP contribution < -0.4 is 5.32 Å². The second-order valence-electron chi connectivity index (χ2n) is 6.81. The van der Waals surface area contributed by atoms with Crippen LogP contribution in [0.2, 0.25) is 0 Å². The maximum atomic E-state index is 12.5. The largest absolute Gasteiger partial charge is 0.324 e. The first kappa shape index (κ1) is 17.4. The second-order valence-corrected chi connectivity index (χ2v) is 8.04. The van der Waals surface area contributed by atoms with Gasteiger partial charge in [-0.15, -0.1) is 0 Å².